The van der Waals surface area contributed by atoms with Crippen LogP contribution in [0, 0.1) is 0 Å². The van der Waals surface area contributed by atoms with E-state index in [2.05, 4.69) is 0 Å². The van der Waals surface area contributed by atoms with E-state index < -0.39 is 0 Å². The molecule has 7 heteroatoms. The summed E-state index contributed by atoms with van der Waals surface area (Å²) in [5.74, 6) is -0.208. The summed E-state index contributed by atoms with van der Waals surface area (Å²) in [6, 6.07) is 10.5. The molecule has 1 N–H and O–H groups in total. The van der Waals surface area contributed by atoms with Crippen LogP contribution in [0.5, 0.6) is 0 Å². The quantitative estimate of drug-likeness (QED) is 0.695. The van der Waals surface area contributed by atoms with Crippen LogP contribution < -0.4 is 0 Å². The van der Waals surface area contributed by atoms with Gasteiger partial charge in [0.15, 0.2) is 0 Å². The van der Waals surface area contributed by atoms with Crippen molar-refractivity contribution in [1.82, 2.24) is 4.90 Å². The fraction of sp³-hybridized carbons (Fsp3) is 0.316. The molecule has 0 radical (unpaired) electrons. The van der Waals surface area contributed by atoms with Crippen LogP contribution in [-0.2, 0) is 5.41 Å². The lowest BCUT2D eigenvalue weighted by Gasteiger charge is -2.30. The standard InChI is InChI=1S/C19H17Cl4NO2/c20-13-5-4-12(10-16(13)23)19(7-9-25)6-8-24(11-19)18(26)17-14(21)2-1-3-15(17)22/h1-5,10,25H,6-9,11H2. The van der Waals surface area contributed by atoms with Crippen molar-refractivity contribution < 1.29 is 9.90 Å². The van der Waals surface area contributed by atoms with Gasteiger partial charge in [-0.15, -0.1) is 0 Å². The van der Waals surface area contributed by atoms with Crippen molar-refractivity contribution >= 4 is 52.3 Å². The van der Waals surface area contributed by atoms with Gasteiger partial charge < -0.3 is 10.0 Å². The van der Waals surface area contributed by atoms with Crippen molar-refractivity contribution in [3.05, 3.63) is 67.6 Å². The van der Waals surface area contributed by atoms with Crippen molar-refractivity contribution in [2.45, 2.75) is 18.3 Å². The number of likely N-dealkylation sites (tertiary alicyclic amines) is 1. The van der Waals surface area contributed by atoms with E-state index in [1.165, 1.54) is 0 Å². The molecule has 2 aromatic carbocycles. The first-order chi connectivity index (χ1) is 12.4. The zero-order valence-corrected chi connectivity index (χ0v) is 16.8. The number of aliphatic hydroxyl groups is 1. The van der Waals surface area contributed by atoms with Crippen LogP contribution in [0.4, 0.5) is 0 Å². The van der Waals surface area contributed by atoms with Gasteiger partial charge >= 0.3 is 0 Å². The second-order valence-corrected chi connectivity index (χ2v) is 8.08. The van der Waals surface area contributed by atoms with Crippen LogP contribution in [0.25, 0.3) is 0 Å². The van der Waals surface area contributed by atoms with Crippen LogP contribution in [0.15, 0.2) is 36.4 Å². The van der Waals surface area contributed by atoms with Gasteiger partial charge in [0.1, 0.15) is 0 Å². The highest BCUT2D eigenvalue weighted by atomic mass is 35.5. The maximum Gasteiger partial charge on any atom is 0.256 e. The molecular formula is C19H17Cl4NO2. The average Bonchev–Trinajstić information content (AvgIpc) is 3.03. The molecule has 1 heterocycles. The summed E-state index contributed by atoms with van der Waals surface area (Å²) in [7, 11) is 0. The minimum absolute atomic E-state index is 0.00905. The Morgan fingerprint density at radius 2 is 1.73 bits per heavy atom. The number of rotatable bonds is 4. The predicted molar refractivity (Wildman–Crippen MR) is 107 cm³/mol. The topological polar surface area (TPSA) is 40.5 Å². The number of halogens is 4. The fourth-order valence-corrected chi connectivity index (χ4v) is 4.39. The molecule has 26 heavy (non-hydrogen) atoms. The first-order valence-corrected chi connectivity index (χ1v) is 9.69. The van der Waals surface area contributed by atoms with Crippen molar-refractivity contribution in [2.24, 2.45) is 0 Å². The molecule has 0 aliphatic carbocycles. The van der Waals surface area contributed by atoms with Gasteiger partial charge in [0.2, 0.25) is 0 Å². The lowest BCUT2D eigenvalue weighted by atomic mass is 9.77. The molecule has 138 valence electrons. The summed E-state index contributed by atoms with van der Waals surface area (Å²) in [6.07, 6.45) is 1.23. The van der Waals surface area contributed by atoms with Crippen LogP contribution >= 0.6 is 46.4 Å². The maximum absolute atomic E-state index is 13.0. The Kier molecular flexibility index (Phi) is 6.05. The lowest BCUT2D eigenvalue weighted by Crippen LogP contribution is -2.35. The molecule has 1 unspecified atom stereocenters. The van der Waals surface area contributed by atoms with E-state index >= 15 is 0 Å². The number of hydrogen-bond donors (Lipinski definition) is 1. The average molecular weight is 433 g/mol. The largest absolute Gasteiger partial charge is 0.396 e. The first-order valence-electron chi connectivity index (χ1n) is 8.18. The molecule has 0 spiro atoms. The number of carbonyl (C=O) groups is 1. The molecule has 3 rings (SSSR count). The zero-order chi connectivity index (χ0) is 18.9. The van der Waals surface area contributed by atoms with E-state index in [0.29, 0.717) is 51.6 Å². The van der Waals surface area contributed by atoms with Crippen molar-refractivity contribution in [1.29, 1.82) is 0 Å². The highest BCUT2D eigenvalue weighted by Crippen LogP contribution is 2.41. The molecule has 0 bridgehead atoms. The first kappa shape index (κ1) is 19.8. The Balaban J connectivity index is 1.92. The Labute approximate surface area is 172 Å². The molecule has 0 aromatic heterocycles. The Hall–Kier alpha value is -0.970. The van der Waals surface area contributed by atoms with E-state index in [1.54, 1.807) is 29.2 Å². The summed E-state index contributed by atoms with van der Waals surface area (Å²) in [6.45, 7) is 1.00. The van der Waals surface area contributed by atoms with Gasteiger partial charge in [-0.3, -0.25) is 4.79 Å². The zero-order valence-electron chi connectivity index (χ0n) is 13.8. The number of aliphatic hydroxyl groups excluding tert-OH is 1. The minimum atomic E-state index is -0.383. The smallest absolute Gasteiger partial charge is 0.256 e. The number of hydrogen-bond acceptors (Lipinski definition) is 2. The third-order valence-corrected chi connectivity index (χ3v) is 6.31. The van der Waals surface area contributed by atoms with Gasteiger partial charge in [-0.1, -0.05) is 58.5 Å². The second kappa shape index (κ2) is 7.95. The van der Waals surface area contributed by atoms with Crippen LogP contribution in [0.2, 0.25) is 20.1 Å². The summed E-state index contributed by atoms with van der Waals surface area (Å²) in [5, 5.41) is 11.2. The van der Waals surface area contributed by atoms with Gasteiger partial charge in [0, 0.05) is 25.1 Å². The molecule has 1 aliphatic heterocycles. The number of nitrogens with zero attached hydrogens (tertiary/aromatic N) is 1. The maximum atomic E-state index is 13.0. The van der Waals surface area contributed by atoms with Crippen molar-refractivity contribution in [2.75, 3.05) is 19.7 Å². The third-order valence-electron chi connectivity index (χ3n) is 4.94. The van der Waals surface area contributed by atoms with Gasteiger partial charge in [-0.2, -0.15) is 0 Å². The summed E-state index contributed by atoms with van der Waals surface area (Å²) in [4.78, 5) is 14.7. The molecule has 3 nitrogen and oxygen atoms in total. The highest BCUT2D eigenvalue weighted by molar-refractivity contribution is 6.42. The van der Waals surface area contributed by atoms with Crippen molar-refractivity contribution in [3.63, 3.8) is 0 Å². The molecular weight excluding hydrogens is 416 g/mol. The lowest BCUT2D eigenvalue weighted by molar-refractivity contribution is 0.0780. The van der Waals surface area contributed by atoms with E-state index in [4.69, 9.17) is 46.4 Å². The number of benzene rings is 2. The van der Waals surface area contributed by atoms with Gasteiger partial charge in [0.25, 0.3) is 5.91 Å². The summed E-state index contributed by atoms with van der Waals surface area (Å²) >= 11 is 24.6. The Morgan fingerprint density at radius 3 is 2.35 bits per heavy atom. The summed E-state index contributed by atoms with van der Waals surface area (Å²) < 4.78 is 0. The SMILES string of the molecule is O=C(c1c(Cl)cccc1Cl)N1CCC(CCO)(c2ccc(Cl)c(Cl)c2)C1. The van der Waals surface area contributed by atoms with Gasteiger partial charge in [-0.05, 0) is 42.7 Å². The third kappa shape index (κ3) is 3.69. The van der Waals surface area contributed by atoms with E-state index in [0.717, 1.165) is 5.56 Å². The molecule has 1 amide bonds. The van der Waals surface area contributed by atoms with Crippen molar-refractivity contribution in [3.8, 4) is 0 Å². The second-order valence-electron chi connectivity index (χ2n) is 6.46. The summed E-state index contributed by atoms with van der Waals surface area (Å²) in [5.41, 5.74) is 0.887. The Bertz CT molecular complexity index is 822. The van der Waals surface area contributed by atoms with E-state index in [9.17, 15) is 9.90 Å². The highest BCUT2D eigenvalue weighted by Gasteiger charge is 2.41. The molecule has 0 saturated carbocycles. The van der Waals surface area contributed by atoms with Crippen LogP contribution in [-0.4, -0.2) is 35.6 Å². The molecule has 1 fully saturated rings. The van der Waals surface area contributed by atoms with Gasteiger partial charge in [-0.25, -0.2) is 0 Å². The normalized spacial score (nSPS) is 19.8. The minimum Gasteiger partial charge on any atom is -0.396 e. The molecule has 1 aliphatic rings. The number of carbonyl (C=O) groups excluding carboxylic acids is 1. The molecule has 1 atom stereocenters. The fourth-order valence-electron chi connectivity index (χ4n) is 3.53. The predicted octanol–water partition coefficient (Wildman–Crippen LogP) is 5.47. The van der Waals surface area contributed by atoms with Crippen LogP contribution in [0.1, 0.15) is 28.8 Å². The Morgan fingerprint density at radius 1 is 1.04 bits per heavy atom. The van der Waals surface area contributed by atoms with Gasteiger partial charge in [0.05, 0.1) is 25.7 Å². The van der Waals surface area contributed by atoms with E-state index in [-0.39, 0.29) is 17.9 Å². The van der Waals surface area contributed by atoms with E-state index in [1.807, 2.05) is 12.1 Å². The molecule has 2 aromatic rings. The van der Waals surface area contributed by atoms with Crippen LogP contribution in [0.3, 0.4) is 0 Å². The number of amides is 1. The molecule has 1 saturated heterocycles. The monoisotopic (exact) mass is 431 g/mol.